The van der Waals surface area contributed by atoms with E-state index < -0.39 is 0 Å². The maximum absolute atomic E-state index is 3.81. The van der Waals surface area contributed by atoms with Crippen LogP contribution in [0.5, 0.6) is 0 Å². The van der Waals surface area contributed by atoms with Crippen LogP contribution in [0, 0.1) is 52.3 Å². The average molecular weight is 409 g/mol. The number of hydrogen-bond donors (Lipinski definition) is 0. The Balaban J connectivity index is 1.61. The second-order valence-electron chi connectivity index (χ2n) is 11.0. The van der Waals surface area contributed by atoms with Gasteiger partial charge in [-0.05, 0) is 110 Å². The third kappa shape index (κ3) is 2.72. The zero-order chi connectivity index (χ0) is 17.8. The van der Waals surface area contributed by atoms with Crippen molar-refractivity contribution in [1.29, 1.82) is 0 Å². The minimum Gasteiger partial charge on any atom is -0.0925 e. The van der Waals surface area contributed by atoms with E-state index in [1.165, 1.54) is 31.0 Å². The fraction of sp³-hybridized carbons (Fsp3) is 1.00. The highest BCUT2D eigenvalue weighted by Gasteiger charge is 2.61. The summed E-state index contributed by atoms with van der Waals surface area (Å²) in [5.41, 5.74) is 1.38. The lowest BCUT2D eigenvalue weighted by Gasteiger charge is -2.62. The first kappa shape index (κ1) is 18.8. The van der Waals surface area contributed by atoms with Gasteiger partial charge in [0.05, 0.1) is 0 Å². The van der Waals surface area contributed by atoms with Crippen molar-refractivity contribution >= 4 is 15.9 Å². The highest BCUT2D eigenvalue weighted by molar-refractivity contribution is 9.09. The molecule has 9 atom stereocenters. The topological polar surface area (TPSA) is 0 Å². The molecule has 25 heavy (non-hydrogen) atoms. The molecule has 0 nitrogen and oxygen atoms in total. The third-order valence-corrected chi connectivity index (χ3v) is 11.3. The van der Waals surface area contributed by atoms with Gasteiger partial charge in [0.15, 0.2) is 0 Å². The van der Waals surface area contributed by atoms with Gasteiger partial charge in [-0.25, -0.2) is 0 Å². The predicted molar refractivity (Wildman–Crippen MR) is 112 cm³/mol. The molecule has 1 heteroatoms. The van der Waals surface area contributed by atoms with Crippen molar-refractivity contribution in [3.63, 3.8) is 0 Å². The van der Waals surface area contributed by atoms with Gasteiger partial charge in [0.25, 0.3) is 0 Å². The maximum Gasteiger partial charge on any atom is 0.00598 e. The Labute approximate surface area is 165 Å². The van der Waals surface area contributed by atoms with Crippen molar-refractivity contribution in [3.05, 3.63) is 0 Å². The minimum absolute atomic E-state index is 0.651. The van der Waals surface area contributed by atoms with Crippen LogP contribution in [0.25, 0.3) is 0 Å². The molecular weight excluding hydrogens is 368 g/mol. The molecule has 0 N–H and O–H groups in total. The largest absolute Gasteiger partial charge is 0.0925 e. The van der Waals surface area contributed by atoms with E-state index in [9.17, 15) is 0 Å². The number of alkyl halides is 1. The number of rotatable bonds is 3. The molecule has 0 aliphatic heterocycles. The molecule has 0 heterocycles. The summed E-state index contributed by atoms with van der Waals surface area (Å²) in [5, 5.41) is 1.20. The van der Waals surface area contributed by atoms with Crippen LogP contribution >= 0.6 is 15.9 Å². The number of halogens is 1. The van der Waals surface area contributed by atoms with E-state index in [2.05, 4.69) is 43.6 Å². The zero-order valence-electron chi connectivity index (χ0n) is 17.2. The molecular formula is C24H41Br. The molecule has 4 aliphatic carbocycles. The molecule has 0 aromatic heterocycles. The van der Waals surface area contributed by atoms with Crippen LogP contribution in [-0.4, -0.2) is 5.33 Å². The summed E-state index contributed by atoms with van der Waals surface area (Å²) < 4.78 is 0. The normalized spacial score (nSPS) is 53.6. The summed E-state index contributed by atoms with van der Waals surface area (Å²) in [4.78, 5) is 0. The molecule has 0 aromatic carbocycles. The van der Waals surface area contributed by atoms with Gasteiger partial charge < -0.3 is 0 Å². The van der Waals surface area contributed by atoms with Crippen LogP contribution in [0.15, 0.2) is 0 Å². The lowest BCUT2D eigenvalue weighted by molar-refractivity contribution is -0.130. The SMILES string of the molecule is CCC12CCC(C)CC1CCC1C3CCC(C(C)CBr)C3(C)CCC12. The van der Waals surface area contributed by atoms with Gasteiger partial charge in [0.2, 0.25) is 0 Å². The molecule has 0 saturated heterocycles. The van der Waals surface area contributed by atoms with Gasteiger partial charge in [-0.1, -0.05) is 50.0 Å². The van der Waals surface area contributed by atoms with Gasteiger partial charge in [-0.15, -0.1) is 0 Å². The quantitative estimate of drug-likeness (QED) is 0.419. The maximum atomic E-state index is 3.81. The predicted octanol–water partition coefficient (Wildman–Crippen LogP) is 7.70. The van der Waals surface area contributed by atoms with Gasteiger partial charge >= 0.3 is 0 Å². The van der Waals surface area contributed by atoms with Crippen molar-refractivity contribution in [2.45, 2.75) is 91.9 Å². The molecule has 0 radical (unpaired) electrons. The Morgan fingerprint density at radius 2 is 1.80 bits per heavy atom. The van der Waals surface area contributed by atoms with Gasteiger partial charge in [-0.2, -0.15) is 0 Å². The van der Waals surface area contributed by atoms with E-state index in [-0.39, 0.29) is 0 Å². The number of fused-ring (bicyclic) bond motifs is 5. The molecule has 9 unspecified atom stereocenters. The van der Waals surface area contributed by atoms with Gasteiger partial charge in [0, 0.05) is 5.33 Å². The first-order valence-corrected chi connectivity index (χ1v) is 12.6. The highest BCUT2D eigenvalue weighted by atomic mass is 79.9. The monoisotopic (exact) mass is 408 g/mol. The Morgan fingerprint density at radius 3 is 2.52 bits per heavy atom. The lowest BCUT2D eigenvalue weighted by atomic mass is 9.43. The van der Waals surface area contributed by atoms with Crippen molar-refractivity contribution < 1.29 is 0 Å². The smallest absolute Gasteiger partial charge is 0.00598 e. The van der Waals surface area contributed by atoms with Crippen molar-refractivity contribution in [2.24, 2.45) is 52.3 Å². The molecule has 0 bridgehead atoms. The molecule has 4 rings (SSSR count). The van der Waals surface area contributed by atoms with E-state index in [4.69, 9.17) is 0 Å². The summed E-state index contributed by atoms with van der Waals surface area (Å²) in [6.07, 6.45) is 15.4. The molecule has 4 saturated carbocycles. The molecule has 4 aliphatic rings. The van der Waals surface area contributed by atoms with Crippen LogP contribution in [0.4, 0.5) is 0 Å². The Hall–Kier alpha value is 0.480. The van der Waals surface area contributed by atoms with E-state index >= 15 is 0 Å². The highest BCUT2D eigenvalue weighted by Crippen LogP contribution is 2.69. The summed E-state index contributed by atoms with van der Waals surface area (Å²) >= 11 is 3.81. The summed E-state index contributed by atoms with van der Waals surface area (Å²) in [7, 11) is 0. The Bertz CT molecular complexity index is 486. The molecule has 4 fully saturated rings. The standard InChI is InChI=1S/C24H41Br/c1-5-24-13-10-16(2)14-18(24)6-7-19-21-9-8-20(17(3)15-25)23(21,4)12-11-22(19)24/h16-22H,5-15H2,1-4H3. The van der Waals surface area contributed by atoms with Crippen molar-refractivity contribution in [1.82, 2.24) is 0 Å². The first-order valence-electron chi connectivity index (χ1n) is 11.5. The lowest BCUT2D eigenvalue weighted by Crippen LogP contribution is -2.54. The van der Waals surface area contributed by atoms with Crippen LogP contribution < -0.4 is 0 Å². The average Bonchev–Trinajstić information content (AvgIpc) is 2.98. The van der Waals surface area contributed by atoms with Crippen LogP contribution in [0.3, 0.4) is 0 Å². The number of hydrogen-bond acceptors (Lipinski definition) is 0. The van der Waals surface area contributed by atoms with E-state index in [0.29, 0.717) is 5.41 Å². The summed E-state index contributed by atoms with van der Waals surface area (Å²) in [6.45, 7) is 10.3. The Kier molecular flexibility index (Phi) is 5.14. The van der Waals surface area contributed by atoms with Crippen molar-refractivity contribution in [3.8, 4) is 0 Å². The van der Waals surface area contributed by atoms with Crippen LogP contribution in [-0.2, 0) is 0 Å². The molecule has 0 aromatic rings. The third-order valence-electron chi connectivity index (χ3n) is 10.3. The van der Waals surface area contributed by atoms with Gasteiger partial charge in [-0.3, -0.25) is 0 Å². The van der Waals surface area contributed by atoms with Gasteiger partial charge in [0.1, 0.15) is 0 Å². The summed E-state index contributed by atoms with van der Waals surface area (Å²) in [6, 6.07) is 0. The van der Waals surface area contributed by atoms with Crippen LogP contribution in [0.2, 0.25) is 0 Å². The fourth-order valence-corrected chi connectivity index (χ4v) is 9.51. The molecule has 144 valence electrons. The second-order valence-corrected chi connectivity index (χ2v) is 11.6. The van der Waals surface area contributed by atoms with E-state index in [1.807, 2.05) is 0 Å². The zero-order valence-corrected chi connectivity index (χ0v) is 18.8. The fourth-order valence-electron chi connectivity index (χ4n) is 9.06. The Morgan fingerprint density at radius 1 is 1.00 bits per heavy atom. The van der Waals surface area contributed by atoms with Crippen molar-refractivity contribution in [2.75, 3.05) is 5.33 Å². The molecule has 0 spiro atoms. The first-order chi connectivity index (χ1) is 12.0. The van der Waals surface area contributed by atoms with E-state index in [1.54, 1.807) is 38.5 Å². The summed E-state index contributed by atoms with van der Waals surface area (Å²) in [5.74, 6) is 7.06. The molecule has 0 amide bonds. The second kappa shape index (κ2) is 6.82. The van der Waals surface area contributed by atoms with Crippen LogP contribution in [0.1, 0.15) is 91.9 Å². The van der Waals surface area contributed by atoms with E-state index in [0.717, 1.165) is 46.8 Å². The minimum atomic E-state index is 0.651.